The first-order valence-electron chi connectivity index (χ1n) is 10.8. The highest BCUT2D eigenvalue weighted by molar-refractivity contribution is 6.32. The average Bonchev–Trinajstić information content (AvgIpc) is 2.65. The van der Waals surface area contributed by atoms with E-state index in [1.807, 2.05) is 0 Å². The Labute approximate surface area is 184 Å². The highest BCUT2D eigenvalue weighted by atomic mass is 35.5. The molecular weight excluding hydrogens is 420 g/mol. The Bertz CT molecular complexity index is 1090. The van der Waals surface area contributed by atoms with Gasteiger partial charge >= 0.3 is 11.7 Å². The maximum absolute atomic E-state index is 12.5. The zero-order chi connectivity index (χ0) is 21.8. The average molecular weight is 445 g/mol. The molecule has 6 rings (SSSR count). The topological polar surface area (TPSA) is 97.6 Å². The summed E-state index contributed by atoms with van der Waals surface area (Å²) in [5.74, 6) is 1.74. The minimum atomic E-state index is -0.566. The van der Waals surface area contributed by atoms with E-state index in [1.54, 1.807) is 13.0 Å². The molecule has 0 spiro atoms. The van der Waals surface area contributed by atoms with Crippen molar-refractivity contribution >= 4 is 34.5 Å². The summed E-state index contributed by atoms with van der Waals surface area (Å²) in [5, 5.41) is 6.45. The second-order valence-electron chi connectivity index (χ2n) is 9.52. The second-order valence-corrected chi connectivity index (χ2v) is 9.92. The van der Waals surface area contributed by atoms with Gasteiger partial charge in [0.2, 0.25) is 0 Å². The van der Waals surface area contributed by atoms with E-state index in [2.05, 4.69) is 10.6 Å². The van der Waals surface area contributed by atoms with Crippen LogP contribution in [0.2, 0.25) is 5.02 Å². The number of nitrogens with one attached hydrogen (secondary N) is 2. The maximum Gasteiger partial charge on any atom is 0.336 e. The molecule has 0 radical (unpaired) electrons. The molecule has 2 N–H and O–H groups in total. The molecule has 164 valence electrons. The van der Waals surface area contributed by atoms with E-state index in [4.69, 9.17) is 20.8 Å². The quantitative estimate of drug-likeness (QED) is 0.696. The van der Waals surface area contributed by atoms with Gasteiger partial charge in [-0.1, -0.05) is 11.6 Å². The zero-order valence-corrected chi connectivity index (χ0v) is 18.1. The summed E-state index contributed by atoms with van der Waals surface area (Å²) in [6.07, 6.45) is 6.86. The van der Waals surface area contributed by atoms with Gasteiger partial charge in [-0.2, -0.15) is 0 Å². The van der Waals surface area contributed by atoms with E-state index < -0.39 is 17.6 Å². The number of urea groups is 1. The number of halogens is 1. The molecule has 0 atom stereocenters. The van der Waals surface area contributed by atoms with Gasteiger partial charge in [0, 0.05) is 23.1 Å². The molecule has 0 saturated heterocycles. The molecule has 0 aliphatic heterocycles. The molecular formula is C23H25ClN2O5. The standard InChI is InChI=1S/C23H25ClN2O5/c1-12-2-21(28)31-18-7-19(17(24)6-16(12)18)30-11-20(27)25-22(29)26-23-8-13-3-14(9-23)5-15(4-13)10-23/h2,6-7,13-15H,3-5,8-11H2,1H3,(H2,25,26,27,29). The molecule has 4 fully saturated rings. The smallest absolute Gasteiger partial charge is 0.336 e. The fourth-order valence-corrected chi connectivity index (χ4v) is 6.49. The van der Waals surface area contributed by atoms with Crippen molar-refractivity contribution in [2.24, 2.45) is 17.8 Å². The van der Waals surface area contributed by atoms with E-state index in [0.717, 1.165) is 24.8 Å². The van der Waals surface area contributed by atoms with Gasteiger partial charge in [-0.05, 0) is 74.8 Å². The van der Waals surface area contributed by atoms with Gasteiger partial charge in [-0.25, -0.2) is 9.59 Å². The second kappa shape index (κ2) is 7.55. The molecule has 0 unspecified atom stereocenters. The molecule has 1 aromatic carbocycles. The van der Waals surface area contributed by atoms with Crippen LogP contribution in [0.15, 0.2) is 27.4 Å². The molecule has 1 aromatic heterocycles. The number of imide groups is 1. The lowest BCUT2D eigenvalue weighted by atomic mass is 9.53. The SMILES string of the molecule is Cc1cc(=O)oc2cc(OCC(=O)NC(=O)NC34CC5CC(CC(C5)C3)C4)c(Cl)cc12. The third kappa shape index (κ3) is 4.03. The van der Waals surface area contributed by atoms with E-state index in [9.17, 15) is 14.4 Å². The molecule has 4 aliphatic rings. The number of hydrogen-bond donors (Lipinski definition) is 2. The molecule has 3 amide bonds. The number of carbonyl (C=O) groups excluding carboxylic acids is 2. The first kappa shape index (κ1) is 20.4. The molecule has 8 heteroatoms. The predicted molar refractivity (Wildman–Crippen MR) is 115 cm³/mol. The van der Waals surface area contributed by atoms with Gasteiger partial charge in [0.25, 0.3) is 5.91 Å². The predicted octanol–water partition coefficient (Wildman–Crippen LogP) is 3.93. The molecule has 7 nitrogen and oxygen atoms in total. The van der Waals surface area contributed by atoms with Crippen molar-refractivity contribution in [3.63, 3.8) is 0 Å². The minimum absolute atomic E-state index is 0.170. The van der Waals surface area contributed by atoms with Crippen molar-refractivity contribution in [2.75, 3.05) is 6.61 Å². The molecule has 4 aliphatic carbocycles. The summed E-state index contributed by atoms with van der Waals surface area (Å²) in [6.45, 7) is 1.40. The third-order valence-electron chi connectivity index (χ3n) is 7.03. The van der Waals surface area contributed by atoms with Gasteiger partial charge in [-0.15, -0.1) is 0 Å². The fourth-order valence-electron chi connectivity index (χ4n) is 6.27. The van der Waals surface area contributed by atoms with Crippen molar-refractivity contribution in [1.29, 1.82) is 0 Å². The number of fused-ring (bicyclic) bond motifs is 1. The molecule has 1 heterocycles. The van der Waals surface area contributed by atoms with Gasteiger partial charge in [0.1, 0.15) is 11.3 Å². The monoisotopic (exact) mass is 444 g/mol. The van der Waals surface area contributed by atoms with Gasteiger partial charge in [0.05, 0.1) is 5.02 Å². The zero-order valence-electron chi connectivity index (χ0n) is 17.3. The number of benzene rings is 1. The number of aryl methyl sites for hydroxylation is 1. The van der Waals surface area contributed by atoms with E-state index >= 15 is 0 Å². The Kier molecular flexibility index (Phi) is 4.96. The van der Waals surface area contributed by atoms with Crippen LogP contribution in [-0.4, -0.2) is 24.1 Å². The molecule has 31 heavy (non-hydrogen) atoms. The fraction of sp³-hybridized carbons (Fsp3) is 0.522. The van der Waals surface area contributed by atoms with Crippen LogP contribution >= 0.6 is 11.6 Å². The highest BCUT2D eigenvalue weighted by Crippen LogP contribution is 2.55. The Morgan fingerprint density at radius 1 is 1.13 bits per heavy atom. The summed E-state index contributed by atoms with van der Waals surface area (Å²) in [6, 6.07) is 4.02. The van der Waals surface area contributed by atoms with E-state index in [0.29, 0.717) is 28.7 Å². The maximum atomic E-state index is 12.5. The number of amides is 3. The van der Waals surface area contributed by atoms with Crippen molar-refractivity contribution in [2.45, 2.75) is 51.0 Å². The Balaban J connectivity index is 1.20. The van der Waals surface area contributed by atoms with Crippen LogP contribution in [0.3, 0.4) is 0 Å². The van der Waals surface area contributed by atoms with Crippen LogP contribution in [0.5, 0.6) is 5.75 Å². The minimum Gasteiger partial charge on any atom is -0.482 e. The van der Waals surface area contributed by atoms with Crippen molar-refractivity contribution in [1.82, 2.24) is 10.6 Å². The highest BCUT2D eigenvalue weighted by Gasteiger charge is 2.51. The molecule has 4 bridgehead atoms. The molecule has 4 saturated carbocycles. The van der Waals surface area contributed by atoms with E-state index in [-0.39, 0.29) is 22.9 Å². The van der Waals surface area contributed by atoms with Crippen molar-refractivity contribution < 1.29 is 18.7 Å². The van der Waals surface area contributed by atoms with Gasteiger partial charge < -0.3 is 14.5 Å². The van der Waals surface area contributed by atoms with Gasteiger partial charge in [-0.3, -0.25) is 10.1 Å². The van der Waals surface area contributed by atoms with Crippen molar-refractivity contribution in [3.8, 4) is 5.75 Å². The lowest BCUT2D eigenvalue weighted by molar-refractivity contribution is -0.122. The van der Waals surface area contributed by atoms with Crippen LogP contribution in [-0.2, 0) is 4.79 Å². The normalized spacial score (nSPS) is 28.5. The van der Waals surface area contributed by atoms with Crippen LogP contribution < -0.4 is 21.0 Å². The lowest BCUT2D eigenvalue weighted by Gasteiger charge is -2.56. The third-order valence-corrected chi connectivity index (χ3v) is 7.33. The summed E-state index contributed by atoms with van der Waals surface area (Å²) in [5.41, 5.74) is 0.414. The summed E-state index contributed by atoms with van der Waals surface area (Å²) < 4.78 is 10.7. The molecule has 2 aromatic rings. The van der Waals surface area contributed by atoms with Crippen LogP contribution in [0.25, 0.3) is 11.0 Å². The summed E-state index contributed by atoms with van der Waals surface area (Å²) in [4.78, 5) is 36.4. The first-order valence-corrected chi connectivity index (χ1v) is 11.2. The Hall–Kier alpha value is -2.54. The van der Waals surface area contributed by atoms with Crippen molar-refractivity contribution in [3.05, 3.63) is 39.2 Å². The summed E-state index contributed by atoms with van der Waals surface area (Å²) >= 11 is 6.25. The van der Waals surface area contributed by atoms with Crippen LogP contribution in [0.4, 0.5) is 4.79 Å². The largest absolute Gasteiger partial charge is 0.482 e. The number of hydrogen-bond acceptors (Lipinski definition) is 5. The lowest BCUT2D eigenvalue weighted by Crippen LogP contribution is -2.62. The Morgan fingerprint density at radius 2 is 1.77 bits per heavy atom. The summed E-state index contributed by atoms with van der Waals surface area (Å²) in [7, 11) is 0. The number of carbonyl (C=O) groups is 2. The first-order chi connectivity index (χ1) is 14.8. The number of rotatable bonds is 4. The van der Waals surface area contributed by atoms with Crippen LogP contribution in [0, 0.1) is 24.7 Å². The van der Waals surface area contributed by atoms with Gasteiger partial charge in [0.15, 0.2) is 6.61 Å². The number of ether oxygens (including phenoxy) is 1. The van der Waals surface area contributed by atoms with E-state index in [1.165, 1.54) is 31.4 Å². The Morgan fingerprint density at radius 3 is 2.42 bits per heavy atom. The van der Waals surface area contributed by atoms with Crippen LogP contribution in [0.1, 0.15) is 44.1 Å².